The summed E-state index contributed by atoms with van der Waals surface area (Å²) < 4.78 is 10.3. The van der Waals surface area contributed by atoms with Crippen molar-refractivity contribution in [1.82, 2.24) is 10.6 Å². The molecule has 0 saturated heterocycles. The molecule has 2 N–H and O–H groups in total. The molecule has 0 heterocycles. The summed E-state index contributed by atoms with van der Waals surface area (Å²) in [5, 5.41) is 6.09. The first-order valence-corrected chi connectivity index (χ1v) is 8.37. The van der Waals surface area contributed by atoms with E-state index in [1.54, 1.807) is 31.4 Å². The fourth-order valence-electron chi connectivity index (χ4n) is 2.42. The molecule has 0 aliphatic heterocycles. The molecule has 0 radical (unpaired) electrons. The molecule has 0 bridgehead atoms. The Morgan fingerprint density at radius 1 is 1.04 bits per heavy atom. The van der Waals surface area contributed by atoms with E-state index in [2.05, 4.69) is 10.6 Å². The molecule has 0 atom stereocenters. The van der Waals surface area contributed by atoms with Crippen LogP contribution in [0.5, 0.6) is 5.75 Å². The highest BCUT2D eigenvalue weighted by Gasteiger charge is 2.16. The van der Waals surface area contributed by atoms with Crippen molar-refractivity contribution < 1.29 is 23.9 Å². The van der Waals surface area contributed by atoms with E-state index in [0.29, 0.717) is 23.2 Å². The number of benzene rings is 2. The van der Waals surface area contributed by atoms with Gasteiger partial charge in [-0.2, -0.15) is 0 Å². The first-order valence-electron chi connectivity index (χ1n) is 8.37. The maximum absolute atomic E-state index is 12.3. The largest absolute Gasteiger partial charge is 0.496 e. The van der Waals surface area contributed by atoms with E-state index < -0.39 is 24.5 Å². The van der Waals surface area contributed by atoms with Crippen molar-refractivity contribution in [3.05, 3.63) is 42.0 Å². The average molecular weight is 358 g/mol. The van der Waals surface area contributed by atoms with E-state index in [9.17, 15) is 14.4 Å². The Balaban J connectivity index is 1.97. The molecule has 0 unspecified atom stereocenters. The van der Waals surface area contributed by atoms with Gasteiger partial charge in [0, 0.05) is 11.9 Å². The van der Waals surface area contributed by atoms with Crippen LogP contribution in [0.15, 0.2) is 36.4 Å². The number of nitrogens with one attached hydrogen (secondary N) is 2. The van der Waals surface area contributed by atoms with Crippen LogP contribution in [0.1, 0.15) is 30.1 Å². The Kier molecular flexibility index (Phi) is 6.96. The number of ether oxygens (including phenoxy) is 2. The van der Waals surface area contributed by atoms with Crippen molar-refractivity contribution in [3.63, 3.8) is 0 Å². The third-order valence-corrected chi connectivity index (χ3v) is 3.73. The number of rotatable bonds is 7. The minimum Gasteiger partial charge on any atom is -0.496 e. The zero-order valence-corrected chi connectivity index (χ0v) is 14.8. The lowest BCUT2D eigenvalue weighted by Crippen LogP contribution is -2.41. The predicted molar refractivity (Wildman–Crippen MR) is 97.2 cm³/mol. The summed E-state index contributed by atoms with van der Waals surface area (Å²) in [6, 6.07) is 9.89. The predicted octanol–water partition coefficient (Wildman–Crippen LogP) is 2.63. The average Bonchev–Trinajstić information content (AvgIpc) is 2.65. The third-order valence-electron chi connectivity index (χ3n) is 3.73. The van der Waals surface area contributed by atoms with Gasteiger partial charge < -0.3 is 14.8 Å². The molecule has 0 spiro atoms. The Labute approximate surface area is 151 Å². The van der Waals surface area contributed by atoms with Gasteiger partial charge in [0.2, 0.25) is 0 Å². The van der Waals surface area contributed by atoms with Gasteiger partial charge in [0.25, 0.3) is 5.91 Å². The van der Waals surface area contributed by atoms with Crippen LogP contribution in [0.4, 0.5) is 4.79 Å². The number of esters is 1. The second kappa shape index (κ2) is 9.41. The maximum Gasteiger partial charge on any atom is 0.339 e. The van der Waals surface area contributed by atoms with Crippen LogP contribution in [0.25, 0.3) is 10.8 Å². The molecular weight excluding hydrogens is 336 g/mol. The van der Waals surface area contributed by atoms with E-state index in [1.807, 2.05) is 19.1 Å². The monoisotopic (exact) mass is 358 g/mol. The van der Waals surface area contributed by atoms with Gasteiger partial charge in [-0.3, -0.25) is 10.1 Å². The van der Waals surface area contributed by atoms with Gasteiger partial charge in [-0.05, 0) is 23.9 Å². The SMILES string of the molecule is CCCCNC(=O)NC(=O)COC(=O)c1ccc(OC)c2ccccc12. The minimum absolute atomic E-state index is 0.321. The molecule has 0 saturated carbocycles. The summed E-state index contributed by atoms with van der Waals surface area (Å²) in [6.45, 7) is 1.93. The number of urea groups is 1. The smallest absolute Gasteiger partial charge is 0.339 e. The number of imide groups is 1. The van der Waals surface area contributed by atoms with Crippen LogP contribution in [-0.4, -0.2) is 38.2 Å². The van der Waals surface area contributed by atoms with Gasteiger partial charge in [0.05, 0.1) is 12.7 Å². The van der Waals surface area contributed by atoms with Gasteiger partial charge in [-0.1, -0.05) is 37.6 Å². The molecule has 0 aliphatic rings. The van der Waals surface area contributed by atoms with Crippen molar-refractivity contribution in [3.8, 4) is 5.75 Å². The third kappa shape index (κ3) is 4.95. The van der Waals surface area contributed by atoms with Gasteiger partial charge >= 0.3 is 12.0 Å². The normalized spacial score (nSPS) is 10.2. The number of fused-ring (bicyclic) bond motifs is 1. The molecule has 0 aromatic heterocycles. The van der Waals surface area contributed by atoms with Crippen molar-refractivity contribution in [1.29, 1.82) is 0 Å². The number of hydrogen-bond donors (Lipinski definition) is 2. The molecular formula is C19H22N2O5. The van der Waals surface area contributed by atoms with Crippen LogP contribution in [0, 0.1) is 0 Å². The number of unbranched alkanes of at least 4 members (excludes halogenated alkanes) is 1. The molecule has 2 aromatic rings. The zero-order valence-electron chi connectivity index (χ0n) is 14.8. The summed E-state index contributed by atoms with van der Waals surface area (Å²) >= 11 is 0. The van der Waals surface area contributed by atoms with E-state index in [-0.39, 0.29) is 0 Å². The maximum atomic E-state index is 12.3. The Hall–Kier alpha value is -3.09. The molecule has 2 aromatic carbocycles. The van der Waals surface area contributed by atoms with Crippen LogP contribution < -0.4 is 15.4 Å². The summed E-state index contributed by atoms with van der Waals surface area (Å²) in [5.41, 5.74) is 0.321. The lowest BCUT2D eigenvalue weighted by atomic mass is 10.0. The summed E-state index contributed by atoms with van der Waals surface area (Å²) in [7, 11) is 1.55. The molecule has 0 aliphatic carbocycles. The standard InChI is InChI=1S/C19H22N2O5/c1-3-4-11-20-19(24)21-17(22)12-26-18(23)15-9-10-16(25-2)14-8-6-5-7-13(14)15/h5-10H,3-4,11-12H2,1-2H3,(H2,20,21,22,24). The lowest BCUT2D eigenvalue weighted by Gasteiger charge is -2.10. The molecule has 3 amide bonds. The lowest BCUT2D eigenvalue weighted by molar-refractivity contribution is -0.123. The van der Waals surface area contributed by atoms with Crippen LogP contribution in [0.3, 0.4) is 0 Å². The van der Waals surface area contributed by atoms with E-state index >= 15 is 0 Å². The quantitative estimate of drug-likeness (QED) is 0.586. The van der Waals surface area contributed by atoms with Crippen LogP contribution >= 0.6 is 0 Å². The highest BCUT2D eigenvalue weighted by Crippen LogP contribution is 2.28. The minimum atomic E-state index is -0.690. The summed E-state index contributed by atoms with van der Waals surface area (Å²) in [4.78, 5) is 35.5. The van der Waals surface area contributed by atoms with Gasteiger partial charge in [0.1, 0.15) is 5.75 Å². The number of hydrogen-bond acceptors (Lipinski definition) is 5. The van der Waals surface area contributed by atoms with Gasteiger partial charge in [-0.25, -0.2) is 9.59 Å². The Morgan fingerprint density at radius 3 is 2.46 bits per heavy atom. The van der Waals surface area contributed by atoms with Gasteiger partial charge in [-0.15, -0.1) is 0 Å². The number of methoxy groups -OCH3 is 1. The van der Waals surface area contributed by atoms with E-state index in [1.165, 1.54) is 0 Å². The molecule has 0 fully saturated rings. The van der Waals surface area contributed by atoms with E-state index in [0.717, 1.165) is 18.2 Å². The van der Waals surface area contributed by atoms with Gasteiger partial charge in [0.15, 0.2) is 6.61 Å². The molecule has 26 heavy (non-hydrogen) atoms. The van der Waals surface area contributed by atoms with Crippen molar-refractivity contribution in [2.24, 2.45) is 0 Å². The first-order chi connectivity index (χ1) is 12.6. The fraction of sp³-hybridized carbons (Fsp3) is 0.316. The second-order valence-electron chi connectivity index (χ2n) is 5.59. The highest BCUT2D eigenvalue weighted by atomic mass is 16.5. The topological polar surface area (TPSA) is 93.7 Å². The summed E-state index contributed by atoms with van der Waals surface area (Å²) in [5.74, 6) is -0.700. The molecule has 2 rings (SSSR count). The van der Waals surface area contributed by atoms with Crippen LogP contribution in [0.2, 0.25) is 0 Å². The van der Waals surface area contributed by atoms with Crippen molar-refractivity contribution in [2.75, 3.05) is 20.3 Å². The first kappa shape index (κ1) is 19.2. The number of carbonyl (C=O) groups excluding carboxylic acids is 3. The molecule has 7 nitrogen and oxygen atoms in total. The Bertz CT molecular complexity index is 804. The van der Waals surface area contributed by atoms with E-state index in [4.69, 9.17) is 9.47 Å². The number of amides is 3. The second-order valence-corrected chi connectivity index (χ2v) is 5.59. The highest BCUT2D eigenvalue weighted by molar-refractivity contribution is 6.07. The fourth-order valence-corrected chi connectivity index (χ4v) is 2.42. The Morgan fingerprint density at radius 2 is 1.77 bits per heavy atom. The molecule has 7 heteroatoms. The molecule has 138 valence electrons. The summed E-state index contributed by atoms with van der Waals surface area (Å²) in [6.07, 6.45) is 1.75. The van der Waals surface area contributed by atoms with Crippen LogP contribution in [-0.2, 0) is 9.53 Å². The number of carbonyl (C=O) groups is 3. The van der Waals surface area contributed by atoms with Crippen molar-refractivity contribution >= 4 is 28.7 Å². The van der Waals surface area contributed by atoms with Crippen molar-refractivity contribution in [2.45, 2.75) is 19.8 Å². The zero-order chi connectivity index (χ0) is 18.9.